The van der Waals surface area contributed by atoms with Gasteiger partial charge in [0.2, 0.25) is 0 Å². The minimum absolute atomic E-state index is 0.0797. The second-order valence-corrected chi connectivity index (χ2v) is 6.85. The van der Waals surface area contributed by atoms with Crippen LogP contribution >= 0.6 is 35.2 Å². The number of nitrogens with one attached hydrogen (secondary N) is 4. The molecule has 0 atom stereocenters. The Morgan fingerprint density at radius 1 is 1.12 bits per heavy atom. The lowest BCUT2D eigenvalue weighted by Crippen LogP contribution is -2.45. The molecule has 1 amide bonds. The molecule has 0 aliphatic heterocycles. The van der Waals surface area contributed by atoms with Gasteiger partial charge in [-0.15, -0.1) is 0 Å². The number of carbonyl (C=O) groups is 1. The normalized spacial score (nSPS) is 10.3. The van der Waals surface area contributed by atoms with Gasteiger partial charge in [0.05, 0.1) is 16.8 Å². The summed E-state index contributed by atoms with van der Waals surface area (Å²) in [6.07, 6.45) is 0. The minimum atomic E-state index is -0.264. The van der Waals surface area contributed by atoms with Crippen molar-refractivity contribution in [2.24, 2.45) is 0 Å². The average molecular weight is 392 g/mol. The molecule has 3 rings (SSSR count). The first kappa shape index (κ1) is 17.4. The van der Waals surface area contributed by atoms with Crippen LogP contribution in [0.2, 0.25) is 5.02 Å². The molecule has 1 heterocycles. The fourth-order valence-electron chi connectivity index (χ4n) is 1.97. The summed E-state index contributed by atoms with van der Waals surface area (Å²) in [6.45, 7) is 0.0797. The third-order valence-electron chi connectivity index (χ3n) is 3.11. The lowest BCUT2D eigenvalue weighted by molar-refractivity contribution is -0.119. The van der Waals surface area contributed by atoms with E-state index in [-0.39, 0.29) is 17.6 Å². The number of hydrogen-bond acceptors (Lipinski definition) is 5. The molecule has 0 bridgehead atoms. The summed E-state index contributed by atoms with van der Waals surface area (Å²) >= 11 is 12.4. The Hall–Kier alpha value is -2.42. The number of carbonyl (C=O) groups excluding carboxylic acids is 1. The highest BCUT2D eigenvalue weighted by atomic mass is 35.5. The molecule has 128 valence electrons. The van der Waals surface area contributed by atoms with Gasteiger partial charge in [-0.1, -0.05) is 35.1 Å². The summed E-state index contributed by atoms with van der Waals surface area (Å²) < 4.78 is 1.07. The number of para-hydroxylation sites is 1. The van der Waals surface area contributed by atoms with Gasteiger partial charge in [0.15, 0.2) is 10.2 Å². The molecule has 25 heavy (non-hydrogen) atoms. The van der Waals surface area contributed by atoms with E-state index >= 15 is 0 Å². The Morgan fingerprint density at radius 2 is 1.88 bits per heavy atom. The van der Waals surface area contributed by atoms with Crippen molar-refractivity contribution >= 4 is 67.2 Å². The number of nitrogens with zero attached hydrogens (tertiary/aromatic N) is 1. The summed E-state index contributed by atoms with van der Waals surface area (Å²) in [6, 6.07) is 14.9. The van der Waals surface area contributed by atoms with Crippen LogP contribution in [-0.2, 0) is 4.79 Å². The Balaban J connectivity index is 1.43. The standard InChI is InChI=1S/C16H14ClN5OS2/c17-10-5-7-11(8-6-10)19-15(24)22-21-14(23)9-18-16-20-12-3-1-2-4-13(12)25-16/h1-8H,9H2,(H,18,20)(H,21,23)(H2,19,22,24). The van der Waals surface area contributed by atoms with E-state index in [1.54, 1.807) is 24.3 Å². The van der Waals surface area contributed by atoms with E-state index in [0.717, 1.165) is 15.9 Å². The third-order valence-corrected chi connectivity index (χ3v) is 4.56. The van der Waals surface area contributed by atoms with Crippen LogP contribution < -0.4 is 21.5 Å². The molecule has 0 saturated heterocycles. The van der Waals surface area contributed by atoms with E-state index in [1.807, 2.05) is 24.3 Å². The lowest BCUT2D eigenvalue weighted by atomic mass is 10.3. The third kappa shape index (κ3) is 5.02. The SMILES string of the molecule is O=C(CNc1nc2ccccc2s1)NNC(=S)Nc1ccc(Cl)cc1. The van der Waals surface area contributed by atoms with Crippen LogP contribution in [0.25, 0.3) is 10.2 Å². The van der Waals surface area contributed by atoms with Crippen molar-refractivity contribution in [1.82, 2.24) is 15.8 Å². The number of anilines is 2. The summed E-state index contributed by atoms with van der Waals surface area (Å²) in [5.74, 6) is -0.264. The maximum absolute atomic E-state index is 11.9. The Labute approximate surface area is 158 Å². The van der Waals surface area contributed by atoms with E-state index in [9.17, 15) is 4.79 Å². The zero-order chi connectivity index (χ0) is 17.6. The largest absolute Gasteiger partial charge is 0.352 e. The minimum Gasteiger partial charge on any atom is -0.352 e. The van der Waals surface area contributed by atoms with Gasteiger partial charge in [-0.05, 0) is 48.6 Å². The van der Waals surface area contributed by atoms with Gasteiger partial charge < -0.3 is 10.6 Å². The summed E-state index contributed by atoms with van der Waals surface area (Å²) in [7, 11) is 0. The number of hydrogen-bond donors (Lipinski definition) is 4. The molecule has 2 aromatic carbocycles. The van der Waals surface area contributed by atoms with Gasteiger partial charge in [-0.2, -0.15) is 0 Å². The number of thiocarbonyl (C=S) groups is 1. The fourth-order valence-corrected chi connectivity index (χ4v) is 3.13. The second kappa shape index (κ2) is 8.11. The molecule has 9 heteroatoms. The second-order valence-electron chi connectivity index (χ2n) is 4.97. The monoisotopic (exact) mass is 391 g/mol. The first-order valence-electron chi connectivity index (χ1n) is 7.31. The molecule has 0 unspecified atom stereocenters. The molecule has 0 fully saturated rings. The van der Waals surface area contributed by atoms with E-state index in [4.69, 9.17) is 23.8 Å². The Bertz CT molecular complexity index is 864. The first-order valence-corrected chi connectivity index (χ1v) is 8.91. The highest BCUT2D eigenvalue weighted by molar-refractivity contribution is 7.80. The van der Waals surface area contributed by atoms with Crippen molar-refractivity contribution in [3.8, 4) is 0 Å². The van der Waals surface area contributed by atoms with Gasteiger partial charge in [0.25, 0.3) is 5.91 Å². The van der Waals surface area contributed by atoms with Crippen LogP contribution in [0, 0.1) is 0 Å². The highest BCUT2D eigenvalue weighted by Gasteiger charge is 2.06. The van der Waals surface area contributed by atoms with Crippen LogP contribution in [0.15, 0.2) is 48.5 Å². The number of fused-ring (bicyclic) bond motifs is 1. The number of thiazole rings is 1. The van der Waals surface area contributed by atoms with E-state index in [1.165, 1.54) is 11.3 Å². The molecular formula is C16H14ClN5OS2. The van der Waals surface area contributed by atoms with Crippen LogP contribution in [0.3, 0.4) is 0 Å². The van der Waals surface area contributed by atoms with Crippen molar-refractivity contribution in [2.75, 3.05) is 17.2 Å². The van der Waals surface area contributed by atoms with E-state index in [2.05, 4.69) is 26.5 Å². The molecule has 0 saturated carbocycles. The number of rotatable bonds is 4. The van der Waals surface area contributed by atoms with Gasteiger partial charge in [-0.25, -0.2) is 4.98 Å². The Morgan fingerprint density at radius 3 is 2.64 bits per heavy atom. The van der Waals surface area contributed by atoms with Gasteiger partial charge >= 0.3 is 0 Å². The highest BCUT2D eigenvalue weighted by Crippen LogP contribution is 2.24. The molecule has 0 aliphatic rings. The maximum Gasteiger partial charge on any atom is 0.257 e. The molecule has 0 spiro atoms. The van der Waals surface area contributed by atoms with Crippen molar-refractivity contribution in [3.63, 3.8) is 0 Å². The number of aromatic nitrogens is 1. The van der Waals surface area contributed by atoms with Crippen LogP contribution in [-0.4, -0.2) is 22.5 Å². The molecule has 6 nitrogen and oxygen atoms in total. The zero-order valence-corrected chi connectivity index (χ0v) is 15.3. The van der Waals surface area contributed by atoms with Crippen molar-refractivity contribution in [3.05, 3.63) is 53.6 Å². The lowest BCUT2D eigenvalue weighted by Gasteiger charge is -2.11. The molecule has 3 aromatic rings. The first-order chi connectivity index (χ1) is 12.1. The number of halogens is 1. The Kier molecular flexibility index (Phi) is 5.64. The summed E-state index contributed by atoms with van der Waals surface area (Å²) in [5.41, 5.74) is 6.82. The number of amides is 1. The number of benzene rings is 2. The van der Waals surface area contributed by atoms with Gasteiger partial charge in [0.1, 0.15) is 0 Å². The molecule has 1 aromatic heterocycles. The molecule has 0 radical (unpaired) electrons. The topological polar surface area (TPSA) is 78.1 Å². The van der Waals surface area contributed by atoms with Crippen LogP contribution in [0.1, 0.15) is 0 Å². The summed E-state index contributed by atoms with van der Waals surface area (Å²) in [5, 5.41) is 7.53. The predicted molar refractivity (Wildman–Crippen MR) is 107 cm³/mol. The van der Waals surface area contributed by atoms with Crippen molar-refractivity contribution in [2.45, 2.75) is 0 Å². The van der Waals surface area contributed by atoms with Gasteiger partial charge in [-0.3, -0.25) is 15.6 Å². The predicted octanol–water partition coefficient (Wildman–Crippen LogP) is 3.38. The summed E-state index contributed by atoms with van der Waals surface area (Å²) in [4.78, 5) is 16.3. The van der Waals surface area contributed by atoms with Crippen LogP contribution in [0.5, 0.6) is 0 Å². The van der Waals surface area contributed by atoms with E-state index in [0.29, 0.717) is 10.2 Å². The van der Waals surface area contributed by atoms with E-state index < -0.39 is 0 Å². The fraction of sp³-hybridized carbons (Fsp3) is 0.0625. The smallest absolute Gasteiger partial charge is 0.257 e. The maximum atomic E-state index is 11.9. The van der Waals surface area contributed by atoms with Crippen molar-refractivity contribution < 1.29 is 4.79 Å². The quantitative estimate of drug-likeness (QED) is 0.403. The average Bonchev–Trinajstić information content (AvgIpc) is 3.03. The molecule has 0 aliphatic carbocycles. The molecular weight excluding hydrogens is 378 g/mol. The number of hydrazine groups is 1. The van der Waals surface area contributed by atoms with Crippen LogP contribution in [0.4, 0.5) is 10.8 Å². The molecule has 4 N–H and O–H groups in total. The van der Waals surface area contributed by atoms with Gasteiger partial charge in [0, 0.05) is 10.7 Å². The zero-order valence-electron chi connectivity index (χ0n) is 12.9. The van der Waals surface area contributed by atoms with Crippen molar-refractivity contribution in [1.29, 1.82) is 0 Å².